The van der Waals surface area contributed by atoms with Crippen molar-refractivity contribution < 1.29 is 14.3 Å². The summed E-state index contributed by atoms with van der Waals surface area (Å²) in [5.41, 5.74) is 1.84. The van der Waals surface area contributed by atoms with Gasteiger partial charge in [-0.15, -0.1) is 0 Å². The van der Waals surface area contributed by atoms with E-state index < -0.39 is 0 Å². The van der Waals surface area contributed by atoms with Gasteiger partial charge in [-0.1, -0.05) is 48.9 Å². The number of carbonyl (C=O) groups excluding carboxylic acids is 1. The quantitative estimate of drug-likeness (QED) is 0.598. The maximum atomic E-state index is 13.2. The zero-order chi connectivity index (χ0) is 21.3. The summed E-state index contributed by atoms with van der Waals surface area (Å²) in [6.07, 6.45) is 1.82. The lowest BCUT2D eigenvalue weighted by molar-refractivity contribution is 0.0760. The van der Waals surface area contributed by atoms with Crippen LogP contribution in [-0.2, 0) is 6.54 Å². The molecule has 6 heteroatoms. The Morgan fingerprint density at radius 3 is 2.57 bits per heavy atom. The zero-order valence-corrected chi connectivity index (χ0v) is 18.7. The normalized spacial score (nSPS) is 15.0. The predicted octanol–water partition coefficient (Wildman–Crippen LogP) is 4.88. The van der Waals surface area contributed by atoms with E-state index in [1.165, 1.54) is 5.56 Å². The molecule has 0 aromatic heterocycles. The lowest BCUT2D eigenvalue weighted by Crippen LogP contribution is -2.35. The fourth-order valence-electron chi connectivity index (χ4n) is 3.65. The minimum atomic E-state index is -0.0125. The van der Waals surface area contributed by atoms with Gasteiger partial charge < -0.3 is 14.4 Å². The van der Waals surface area contributed by atoms with E-state index in [2.05, 4.69) is 29.2 Å². The van der Waals surface area contributed by atoms with Crippen LogP contribution in [0.4, 0.5) is 0 Å². The number of halogens is 1. The van der Waals surface area contributed by atoms with Crippen LogP contribution < -0.4 is 9.47 Å². The molecule has 5 nitrogen and oxygen atoms in total. The van der Waals surface area contributed by atoms with Crippen molar-refractivity contribution in [1.29, 1.82) is 0 Å². The number of hydrogen-bond acceptors (Lipinski definition) is 4. The molecule has 0 atom stereocenters. The summed E-state index contributed by atoms with van der Waals surface area (Å²) in [4.78, 5) is 17.5. The summed E-state index contributed by atoms with van der Waals surface area (Å²) in [5, 5.41) is 0.415. The van der Waals surface area contributed by atoms with E-state index in [1.807, 2.05) is 24.8 Å². The van der Waals surface area contributed by atoms with Gasteiger partial charge in [0.1, 0.15) is 0 Å². The molecule has 0 saturated carbocycles. The molecule has 0 aliphatic carbocycles. The highest BCUT2D eigenvalue weighted by Crippen LogP contribution is 2.37. The summed E-state index contributed by atoms with van der Waals surface area (Å²) in [7, 11) is 0. The Kier molecular flexibility index (Phi) is 8.40. The lowest BCUT2D eigenvalue weighted by Gasteiger charge is -2.23. The second-order valence-electron chi connectivity index (χ2n) is 7.47. The summed E-state index contributed by atoms with van der Waals surface area (Å²) >= 11 is 6.45. The average molecular weight is 431 g/mol. The van der Waals surface area contributed by atoms with E-state index >= 15 is 0 Å². The largest absolute Gasteiger partial charge is 0.490 e. The number of hydrogen-bond donors (Lipinski definition) is 0. The van der Waals surface area contributed by atoms with E-state index in [-0.39, 0.29) is 5.91 Å². The predicted molar refractivity (Wildman–Crippen MR) is 121 cm³/mol. The molecular weight excluding hydrogens is 400 g/mol. The van der Waals surface area contributed by atoms with Gasteiger partial charge in [-0.2, -0.15) is 0 Å². The fraction of sp³-hybridized carbons (Fsp3) is 0.458. The van der Waals surface area contributed by atoms with Gasteiger partial charge in [0, 0.05) is 38.3 Å². The highest BCUT2D eigenvalue weighted by Gasteiger charge is 2.23. The first-order valence-corrected chi connectivity index (χ1v) is 11.1. The second kappa shape index (κ2) is 11.2. The Bertz CT molecular complexity index is 829. The topological polar surface area (TPSA) is 42.0 Å². The number of carbonyl (C=O) groups is 1. The molecule has 0 unspecified atom stereocenters. The van der Waals surface area contributed by atoms with Gasteiger partial charge in [-0.25, -0.2) is 0 Å². The van der Waals surface area contributed by atoms with Crippen molar-refractivity contribution in [1.82, 2.24) is 9.80 Å². The van der Waals surface area contributed by atoms with Crippen molar-refractivity contribution in [3.63, 3.8) is 0 Å². The van der Waals surface area contributed by atoms with Crippen molar-refractivity contribution in [2.45, 2.75) is 33.2 Å². The monoisotopic (exact) mass is 430 g/mol. The molecule has 30 heavy (non-hydrogen) atoms. The molecule has 2 aromatic carbocycles. The first-order valence-electron chi connectivity index (χ1n) is 10.8. The van der Waals surface area contributed by atoms with Crippen LogP contribution in [0.3, 0.4) is 0 Å². The number of nitrogens with zero attached hydrogens (tertiary/aromatic N) is 2. The first kappa shape index (κ1) is 22.4. The summed E-state index contributed by atoms with van der Waals surface area (Å²) in [5.74, 6) is 1.03. The Labute approximate surface area is 184 Å². The molecule has 162 valence electrons. The standard InChI is InChI=1S/C24H31ClN2O3/c1-3-15-30-23-21(25)16-20(17-22(23)29-4-2)24(28)27-12-8-11-26(13-14-27)18-19-9-6-5-7-10-19/h5-7,9-10,16-17H,3-4,8,11-15,18H2,1-2H3. The number of amides is 1. The van der Waals surface area contributed by atoms with Crippen LogP contribution in [-0.4, -0.2) is 55.1 Å². The highest BCUT2D eigenvalue weighted by atomic mass is 35.5. The molecule has 0 spiro atoms. The molecule has 0 radical (unpaired) electrons. The molecule has 2 aromatic rings. The Balaban J connectivity index is 1.69. The molecule has 0 bridgehead atoms. The van der Waals surface area contributed by atoms with Crippen LogP contribution in [0.2, 0.25) is 5.02 Å². The molecule has 1 heterocycles. The molecule has 1 amide bonds. The third-order valence-corrected chi connectivity index (χ3v) is 5.41. The second-order valence-corrected chi connectivity index (χ2v) is 7.88. The van der Waals surface area contributed by atoms with Crippen LogP contribution in [0.25, 0.3) is 0 Å². The Morgan fingerprint density at radius 1 is 1.03 bits per heavy atom. The van der Waals surface area contributed by atoms with Crippen LogP contribution in [0.5, 0.6) is 11.5 Å². The van der Waals surface area contributed by atoms with Crippen molar-refractivity contribution in [3.8, 4) is 11.5 Å². The third kappa shape index (κ3) is 5.89. The third-order valence-electron chi connectivity index (χ3n) is 5.13. The van der Waals surface area contributed by atoms with Gasteiger partial charge in [-0.3, -0.25) is 9.69 Å². The molecular formula is C24H31ClN2O3. The van der Waals surface area contributed by atoms with E-state index in [0.717, 1.165) is 39.0 Å². The van der Waals surface area contributed by atoms with E-state index in [0.29, 0.717) is 41.8 Å². The van der Waals surface area contributed by atoms with Crippen LogP contribution in [0, 0.1) is 0 Å². The van der Waals surface area contributed by atoms with Gasteiger partial charge in [-0.05, 0) is 37.5 Å². The summed E-state index contributed by atoms with van der Waals surface area (Å²) in [6.45, 7) is 9.14. The van der Waals surface area contributed by atoms with E-state index in [9.17, 15) is 4.79 Å². The molecule has 1 aliphatic rings. The minimum Gasteiger partial charge on any atom is -0.490 e. The lowest BCUT2D eigenvalue weighted by atomic mass is 10.1. The molecule has 1 fully saturated rings. The summed E-state index contributed by atoms with van der Waals surface area (Å²) in [6, 6.07) is 13.9. The zero-order valence-electron chi connectivity index (χ0n) is 17.9. The van der Waals surface area contributed by atoms with Crippen LogP contribution >= 0.6 is 11.6 Å². The number of benzene rings is 2. The van der Waals surface area contributed by atoms with Crippen molar-refractivity contribution in [3.05, 3.63) is 58.6 Å². The van der Waals surface area contributed by atoms with Gasteiger partial charge >= 0.3 is 0 Å². The van der Waals surface area contributed by atoms with Gasteiger partial charge in [0.05, 0.1) is 18.2 Å². The number of ether oxygens (including phenoxy) is 2. The molecule has 1 aliphatic heterocycles. The average Bonchev–Trinajstić information content (AvgIpc) is 2.99. The van der Waals surface area contributed by atoms with Crippen LogP contribution in [0.1, 0.15) is 42.6 Å². The van der Waals surface area contributed by atoms with Gasteiger partial charge in [0.2, 0.25) is 0 Å². The molecule has 0 N–H and O–H groups in total. The molecule has 1 saturated heterocycles. The van der Waals surface area contributed by atoms with Gasteiger partial charge in [0.15, 0.2) is 11.5 Å². The van der Waals surface area contributed by atoms with Crippen molar-refractivity contribution in [2.24, 2.45) is 0 Å². The summed E-state index contributed by atoms with van der Waals surface area (Å²) < 4.78 is 11.5. The van der Waals surface area contributed by atoms with Crippen LogP contribution in [0.15, 0.2) is 42.5 Å². The smallest absolute Gasteiger partial charge is 0.254 e. The highest BCUT2D eigenvalue weighted by molar-refractivity contribution is 6.32. The fourth-order valence-corrected chi connectivity index (χ4v) is 3.92. The Morgan fingerprint density at radius 2 is 1.83 bits per heavy atom. The van der Waals surface area contributed by atoms with Crippen molar-refractivity contribution >= 4 is 17.5 Å². The number of rotatable bonds is 8. The van der Waals surface area contributed by atoms with E-state index in [1.54, 1.807) is 12.1 Å². The maximum absolute atomic E-state index is 13.2. The van der Waals surface area contributed by atoms with Gasteiger partial charge in [0.25, 0.3) is 5.91 Å². The Hall–Kier alpha value is -2.24. The maximum Gasteiger partial charge on any atom is 0.254 e. The minimum absolute atomic E-state index is 0.0125. The van der Waals surface area contributed by atoms with E-state index in [4.69, 9.17) is 21.1 Å². The SMILES string of the molecule is CCCOc1c(Cl)cc(C(=O)N2CCCN(Cc3ccccc3)CC2)cc1OCC. The molecule has 3 rings (SSSR count). The van der Waals surface area contributed by atoms with Crippen molar-refractivity contribution in [2.75, 3.05) is 39.4 Å². The first-order chi connectivity index (χ1) is 14.6.